The van der Waals surface area contributed by atoms with E-state index in [-0.39, 0.29) is 12.5 Å². The van der Waals surface area contributed by atoms with Crippen molar-refractivity contribution in [3.8, 4) is 5.75 Å². The molecular formula is C12H14N3O4+. The molecule has 2 rings (SSSR count). The highest BCUT2D eigenvalue weighted by Crippen LogP contribution is 2.15. The molecule has 7 heteroatoms. The molecule has 0 aliphatic carbocycles. The molecule has 0 radical (unpaired) electrons. The second kappa shape index (κ2) is 5.85. The van der Waals surface area contributed by atoms with Crippen molar-refractivity contribution in [2.75, 3.05) is 11.9 Å². The van der Waals surface area contributed by atoms with Gasteiger partial charge in [-0.05, 0) is 36.5 Å². The van der Waals surface area contributed by atoms with E-state index in [1.165, 1.54) is 4.68 Å². The van der Waals surface area contributed by atoms with Crippen molar-refractivity contribution in [1.29, 1.82) is 0 Å². The molecule has 19 heavy (non-hydrogen) atoms. The third kappa shape index (κ3) is 3.70. The fraction of sp³-hybridized carbons (Fsp3) is 0.250. The molecule has 0 saturated carbocycles. The number of H-pyrrole nitrogens is 1. The molecule has 0 atom stereocenters. The van der Waals surface area contributed by atoms with E-state index in [1.54, 1.807) is 24.3 Å². The number of rotatable bonds is 5. The van der Waals surface area contributed by atoms with Gasteiger partial charge in [-0.15, -0.1) is 0 Å². The van der Waals surface area contributed by atoms with Gasteiger partial charge in [-0.1, -0.05) is 4.68 Å². The summed E-state index contributed by atoms with van der Waals surface area (Å²) in [7, 11) is 0. The van der Waals surface area contributed by atoms with Gasteiger partial charge >= 0.3 is 5.63 Å². The molecule has 1 heterocycles. The third-order valence-electron chi connectivity index (χ3n) is 2.29. The minimum Gasteiger partial charge on any atom is -0.494 e. The molecule has 1 amide bonds. The van der Waals surface area contributed by atoms with Crippen LogP contribution in [-0.4, -0.2) is 17.8 Å². The predicted molar refractivity (Wildman–Crippen MR) is 65.8 cm³/mol. The molecule has 1 aromatic heterocycles. The summed E-state index contributed by atoms with van der Waals surface area (Å²) in [5.41, 5.74) is 0.119. The van der Waals surface area contributed by atoms with Gasteiger partial charge in [0, 0.05) is 5.69 Å². The third-order valence-corrected chi connectivity index (χ3v) is 2.29. The summed E-state index contributed by atoms with van der Waals surface area (Å²) >= 11 is 0. The molecule has 1 aromatic carbocycles. The number of aromatic nitrogens is 2. The van der Waals surface area contributed by atoms with Gasteiger partial charge in [0.05, 0.1) is 6.61 Å². The van der Waals surface area contributed by atoms with Crippen LogP contribution in [0, 0.1) is 0 Å². The Kier molecular flexibility index (Phi) is 3.97. The Hall–Kier alpha value is -2.57. The SMILES string of the molecule is CCOc1ccc(NC(=O)C[n+]2cc(=O)o[nH]2)cc1. The summed E-state index contributed by atoms with van der Waals surface area (Å²) in [6.45, 7) is 2.47. The number of anilines is 1. The van der Waals surface area contributed by atoms with Crippen LogP contribution < -0.4 is 20.4 Å². The van der Waals surface area contributed by atoms with Crippen molar-refractivity contribution in [3.63, 3.8) is 0 Å². The van der Waals surface area contributed by atoms with Crippen LogP contribution in [0.5, 0.6) is 5.75 Å². The van der Waals surface area contributed by atoms with E-state index < -0.39 is 5.63 Å². The number of carbonyl (C=O) groups excluding carboxylic acids is 1. The topological polar surface area (TPSA) is 88.2 Å². The first-order valence-electron chi connectivity index (χ1n) is 5.78. The second-order valence-electron chi connectivity index (χ2n) is 3.77. The minimum atomic E-state index is -0.533. The molecule has 0 saturated heterocycles. The Morgan fingerprint density at radius 3 is 2.74 bits per heavy atom. The lowest BCUT2D eigenvalue weighted by atomic mass is 10.3. The summed E-state index contributed by atoms with van der Waals surface area (Å²) in [5.74, 6) is 0.472. The zero-order valence-corrected chi connectivity index (χ0v) is 10.4. The molecule has 0 aliphatic heterocycles. The summed E-state index contributed by atoms with van der Waals surface area (Å²) in [6, 6.07) is 7.02. The molecule has 0 fully saturated rings. The quantitative estimate of drug-likeness (QED) is 0.760. The maximum atomic E-state index is 11.7. The van der Waals surface area contributed by atoms with Crippen molar-refractivity contribution in [2.45, 2.75) is 13.5 Å². The van der Waals surface area contributed by atoms with Crippen molar-refractivity contribution in [1.82, 2.24) is 5.27 Å². The van der Waals surface area contributed by atoms with Crippen LogP contribution in [-0.2, 0) is 11.3 Å². The largest absolute Gasteiger partial charge is 0.494 e. The van der Waals surface area contributed by atoms with Crippen LogP contribution in [0.15, 0.2) is 39.8 Å². The van der Waals surface area contributed by atoms with Crippen molar-refractivity contribution < 1.29 is 18.7 Å². The molecule has 0 bridgehead atoms. The maximum Gasteiger partial charge on any atom is 0.426 e. The Morgan fingerprint density at radius 1 is 1.42 bits per heavy atom. The smallest absolute Gasteiger partial charge is 0.426 e. The number of nitrogens with zero attached hydrogens (tertiary/aromatic N) is 1. The molecule has 2 aromatic rings. The van der Waals surface area contributed by atoms with Crippen LogP contribution in [0.25, 0.3) is 0 Å². The standard InChI is InChI=1S/C12H13N3O4/c1-2-18-10-5-3-9(4-6-10)13-11(16)7-15-8-12(17)19-14-15/h3-6,8H,2,7H2,1H3,(H-,13,14,16,17)/p+1. The summed E-state index contributed by atoms with van der Waals surface area (Å²) in [4.78, 5) is 22.4. The highest BCUT2D eigenvalue weighted by Gasteiger charge is 2.12. The number of hydrogen-bond acceptors (Lipinski definition) is 4. The van der Waals surface area contributed by atoms with Gasteiger partial charge in [-0.25, -0.2) is 4.79 Å². The number of hydrogen-bond donors (Lipinski definition) is 2. The maximum absolute atomic E-state index is 11.7. The molecular weight excluding hydrogens is 250 g/mol. The Labute approximate surface area is 108 Å². The number of benzene rings is 1. The van der Waals surface area contributed by atoms with E-state index in [0.29, 0.717) is 12.3 Å². The summed E-state index contributed by atoms with van der Waals surface area (Å²) in [5, 5.41) is 4.99. The summed E-state index contributed by atoms with van der Waals surface area (Å²) in [6.07, 6.45) is 1.16. The average Bonchev–Trinajstić information content (AvgIpc) is 2.77. The first-order valence-corrected chi connectivity index (χ1v) is 5.78. The fourth-order valence-electron chi connectivity index (χ4n) is 1.52. The van der Waals surface area contributed by atoms with Gasteiger partial charge in [-0.2, -0.15) is 0 Å². The number of amides is 1. The van der Waals surface area contributed by atoms with Crippen LogP contribution in [0.1, 0.15) is 6.92 Å². The second-order valence-corrected chi connectivity index (χ2v) is 3.77. The number of aromatic amines is 1. The van der Waals surface area contributed by atoms with Crippen LogP contribution >= 0.6 is 0 Å². The molecule has 0 spiro atoms. The van der Waals surface area contributed by atoms with E-state index >= 15 is 0 Å². The monoisotopic (exact) mass is 264 g/mol. The predicted octanol–water partition coefficient (Wildman–Crippen LogP) is 0.293. The first-order chi connectivity index (χ1) is 9.17. The van der Waals surface area contributed by atoms with Crippen LogP contribution in [0.2, 0.25) is 0 Å². The summed E-state index contributed by atoms with van der Waals surface area (Å²) < 4.78 is 11.0. The van der Waals surface area contributed by atoms with Crippen LogP contribution in [0.3, 0.4) is 0 Å². The van der Waals surface area contributed by atoms with Gasteiger partial charge in [-0.3, -0.25) is 9.32 Å². The van der Waals surface area contributed by atoms with Crippen molar-refractivity contribution >= 4 is 11.6 Å². The highest BCUT2D eigenvalue weighted by atomic mass is 16.5. The van der Waals surface area contributed by atoms with Crippen LogP contribution in [0.4, 0.5) is 5.69 Å². The molecule has 100 valence electrons. The van der Waals surface area contributed by atoms with E-state index in [0.717, 1.165) is 11.9 Å². The number of nitrogens with one attached hydrogen (secondary N) is 2. The van der Waals surface area contributed by atoms with Crippen molar-refractivity contribution in [3.05, 3.63) is 40.9 Å². The van der Waals surface area contributed by atoms with Gasteiger partial charge in [0.15, 0.2) is 0 Å². The Bertz CT molecular complexity index is 600. The van der Waals surface area contributed by atoms with E-state index in [4.69, 9.17) is 4.74 Å². The number of ether oxygens (including phenoxy) is 1. The van der Waals surface area contributed by atoms with Crippen molar-refractivity contribution in [2.24, 2.45) is 0 Å². The molecule has 0 unspecified atom stereocenters. The van der Waals surface area contributed by atoms with E-state index in [2.05, 4.69) is 15.1 Å². The minimum absolute atomic E-state index is 0.0288. The normalized spacial score (nSPS) is 10.2. The Morgan fingerprint density at radius 2 is 2.16 bits per heavy atom. The molecule has 2 N–H and O–H groups in total. The lowest BCUT2D eigenvalue weighted by Crippen LogP contribution is -2.41. The lowest BCUT2D eigenvalue weighted by molar-refractivity contribution is -0.750. The van der Waals surface area contributed by atoms with Gasteiger partial charge in [0.2, 0.25) is 0 Å². The Balaban J connectivity index is 1.93. The fourth-order valence-corrected chi connectivity index (χ4v) is 1.52. The zero-order chi connectivity index (χ0) is 13.7. The van der Waals surface area contributed by atoms with E-state index in [9.17, 15) is 9.59 Å². The highest BCUT2D eigenvalue weighted by molar-refractivity contribution is 5.89. The van der Waals surface area contributed by atoms with Gasteiger partial charge in [0.25, 0.3) is 18.6 Å². The average molecular weight is 264 g/mol. The lowest BCUT2D eigenvalue weighted by Gasteiger charge is -2.05. The molecule has 0 aliphatic rings. The van der Waals surface area contributed by atoms with E-state index in [1.807, 2.05) is 6.92 Å². The van der Waals surface area contributed by atoms with Gasteiger partial charge < -0.3 is 10.1 Å². The van der Waals surface area contributed by atoms with Gasteiger partial charge in [0.1, 0.15) is 5.75 Å². The molecule has 7 nitrogen and oxygen atoms in total. The number of carbonyl (C=O) groups is 1. The zero-order valence-electron chi connectivity index (χ0n) is 10.4. The first kappa shape index (κ1) is 12.9.